The summed E-state index contributed by atoms with van der Waals surface area (Å²) in [7, 11) is 0. The van der Waals surface area contributed by atoms with Gasteiger partial charge in [-0.15, -0.1) is 0 Å². The van der Waals surface area contributed by atoms with Crippen molar-refractivity contribution in [3.63, 3.8) is 0 Å². The molecule has 0 amide bonds. The van der Waals surface area contributed by atoms with Crippen LogP contribution in [0.1, 0.15) is 52.7 Å². The molecule has 0 radical (unpaired) electrons. The maximum atomic E-state index is 5.61. The average Bonchev–Trinajstić information content (AvgIpc) is 0.955. The fraction of sp³-hybridized carbons (Fsp3) is 0.101. The van der Waals surface area contributed by atoms with Gasteiger partial charge in [-0.2, -0.15) is 0 Å². The lowest BCUT2D eigenvalue weighted by atomic mass is 9.78. The predicted molar refractivity (Wildman–Crippen MR) is 360 cm³/mol. The standard InChI is InChI=1S/C79H63N9/c1-78(2,3)59-45-58(46-60(47-59)79(4,5)6)61-49-72(87-68-41-25-27-43-70(68)88(71-44-28-26-42-69(71)87)77-82-66(54-33-17-9-18-34-54)51-67(83-77)55-35-19-10-20-36-55)63(76-85-73(56-37-21-11-22-38-56)84-74(86-76)57-39-23-12-24-40-57)48-62(61)75-80-64(52-29-13-7-14-30-52)50-65(81-75)53-31-15-8-16-32-53/h7-51H,1-6H3. The van der Waals surface area contributed by atoms with E-state index in [2.05, 4.69) is 264 Å². The number of rotatable bonds is 11. The third kappa shape index (κ3) is 10.8. The van der Waals surface area contributed by atoms with Gasteiger partial charge in [0.1, 0.15) is 0 Å². The van der Waals surface area contributed by atoms with Crippen LogP contribution in [0.5, 0.6) is 0 Å². The third-order valence-corrected chi connectivity index (χ3v) is 16.2. The zero-order valence-electron chi connectivity index (χ0n) is 50.0. The molecule has 13 aromatic rings. The summed E-state index contributed by atoms with van der Waals surface area (Å²) in [5.41, 5.74) is 18.8. The first-order chi connectivity index (χ1) is 42.9. The second-order valence-corrected chi connectivity index (χ2v) is 24.3. The molecule has 14 rings (SSSR count). The summed E-state index contributed by atoms with van der Waals surface area (Å²) in [6.07, 6.45) is 0. The molecule has 88 heavy (non-hydrogen) atoms. The molecule has 10 aromatic carbocycles. The van der Waals surface area contributed by atoms with E-state index in [9.17, 15) is 0 Å². The minimum atomic E-state index is -0.204. The van der Waals surface area contributed by atoms with Crippen molar-refractivity contribution >= 4 is 34.4 Å². The van der Waals surface area contributed by atoms with Crippen molar-refractivity contribution in [2.45, 2.75) is 52.4 Å². The quantitative estimate of drug-likeness (QED) is 0.125. The Morgan fingerprint density at radius 1 is 0.227 bits per heavy atom. The van der Waals surface area contributed by atoms with E-state index in [4.69, 9.17) is 34.9 Å². The number of anilines is 6. The van der Waals surface area contributed by atoms with Gasteiger partial charge < -0.3 is 4.90 Å². The molecule has 1 aliphatic heterocycles. The molecule has 3 aromatic heterocycles. The van der Waals surface area contributed by atoms with Crippen LogP contribution in [0.25, 0.3) is 102 Å². The Labute approximate surface area is 514 Å². The van der Waals surface area contributed by atoms with Crippen molar-refractivity contribution in [3.05, 3.63) is 284 Å². The number of fused-ring (bicyclic) bond motifs is 2. The van der Waals surface area contributed by atoms with Gasteiger partial charge in [0.05, 0.1) is 51.2 Å². The Morgan fingerprint density at radius 2 is 0.545 bits per heavy atom. The lowest BCUT2D eigenvalue weighted by molar-refractivity contribution is 0.569. The first kappa shape index (κ1) is 54.9. The van der Waals surface area contributed by atoms with Crippen LogP contribution in [0, 0.1) is 0 Å². The highest BCUT2D eigenvalue weighted by atomic mass is 15.3. The monoisotopic (exact) mass is 1140 g/mol. The lowest BCUT2D eigenvalue weighted by Gasteiger charge is -2.40. The number of hydrogen-bond acceptors (Lipinski definition) is 9. The third-order valence-electron chi connectivity index (χ3n) is 16.2. The molecule has 0 bridgehead atoms. The average molecular weight is 1140 g/mol. The fourth-order valence-electron chi connectivity index (χ4n) is 11.5. The van der Waals surface area contributed by atoms with Gasteiger partial charge >= 0.3 is 0 Å². The fourth-order valence-corrected chi connectivity index (χ4v) is 11.5. The normalized spacial score (nSPS) is 12.2. The highest BCUT2D eigenvalue weighted by Crippen LogP contribution is 2.57. The number of hydrogen-bond donors (Lipinski definition) is 0. The first-order valence-electron chi connectivity index (χ1n) is 29.9. The summed E-state index contributed by atoms with van der Waals surface area (Å²) in [6.45, 7) is 13.7. The maximum Gasteiger partial charge on any atom is 0.235 e. The molecule has 0 fully saturated rings. The molecule has 9 nitrogen and oxygen atoms in total. The van der Waals surface area contributed by atoms with E-state index in [-0.39, 0.29) is 10.8 Å². The lowest BCUT2D eigenvalue weighted by Crippen LogP contribution is -2.26. The smallest absolute Gasteiger partial charge is 0.235 e. The molecule has 0 unspecified atom stereocenters. The van der Waals surface area contributed by atoms with E-state index in [1.54, 1.807) is 0 Å². The van der Waals surface area contributed by atoms with Gasteiger partial charge in [-0.3, -0.25) is 4.90 Å². The van der Waals surface area contributed by atoms with E-state index < -0.39 is 0 Å². The van der Waals surface area contributed by atoms with Crippen LogP contribution in [0.15, 0.2) is 273 Å². The molecule has 424 valence electrons. The largest absolute Gasteiger partial charge is 0.306 e. The number of benzene rings is 10. The van der Waals surface area contributed by atoms with E-state index >= 15 is 0 Å². The van der Waals surface area contributed by atoms with Crippen molar-refractivity contribution < 1.29 is 0 Å². The second-order valence-electron chi connectivity index (χ2n) is 24.3. The summed E-state index contributed by atoms with van der Waals surface area (Å²) < 4.78 is 0. The molecule has 0 spiro atoms. The van der Waals surface area contributed by atoms with Gasteiger partial charge in [-0.25, -0.2) is 34.9 Å². The summed E-state index contributed by atoms with van der Waals surface area (Å²) >= 11 is 0. The molecule has 1 aliphatic rings. The Morgan fingerprint density at radius 3 is 0.920 bits per heavy atom. The zero-order chi connectivity index (χ0) is 59.9. The summed E-state index contributed by atoms with van der Waals surface area (Å²) in [5.74, 6) is 2.64. The van der Waals surface area contributed by atoms with Gasteiger partial charge in [0.2, 0.25) is 5.95 Å². The number of aromatic nitrogens is 7. The van der Waals surface area contributed by atoms with Crippen LogP contribution in [-0.2, 0) is 10.8 Å². The van der Waals surface area contributed by atoms with Crippen LogP contribution in [-0.4, -0.2) is 34.9 Å². The Bertz CT molecular complexity index is 4430. The topological polar surface area (TPSA) is 96.7 Å². The first-order valence-corrected chi connectivity index (χ1v) is 29.9. The zero-order valence-corrected chi connectivity index (χ0v) is 50.0. The van der Waals surface area contributed by atoms with Crippen LogP contribution >= 0.6 is 0 Å². The van der Waals surface area contributed by atoms with Gasteiger partial charge in [0.15, 0.2) is 23.3 Å². The summed E-state index contributed by atoms with van der Waals surface area (Å²) in [4.78, 5) is 43.0. The van der Waals surface area contributed by atoms with Gasteiger partial charge in [-0.1, -0.05) is 266 Å². The van der Waals surface area contributed by atoms with Crippen LogP contribution < -0.4 is 9.80 Å². The number of nitrogens with zero attached hydrogens (tertiary/aromatic N) is 9. The molecular weight excluding hydrogens is 1070 g/mol. The van der Waals surface area contributed by atoms with Gasteiger partial charge in [0, 0.05) is 44.5 Å². The number of para-hydroxylation sites is 4. The molecule has 0 atom stereocenters. The summed E-state index contributed by atoms with van der Waals surface area (Å²) in [6, 6.07) is 94.7. The van der Waals surface area contributed by atoms with E-state index in [1.165, 1.54) is 11.1 Å². The SMILES string of the molecule is CC(C)(C)c1cc(-c2cc(N3c4ccccc4N(c4nc(-c5ccccc5)cc(-c5ccccc5)n4)c4ccccc43)c(-c3nc(-c4ccccc4)nc(-c4ccccc4)n3)cc2-c2nc(-c3ccccc3)cc(-c3ccccc3)n2)cc(C(C)(C)C)c1. The molecular formula is C79H63N9. The summed E-state index contributed by atoms with van der Waals surface area (Å²) in [5, 5.41) is 0. The predicted octanol–water partition coefficient (Wildman–Crippen LogP) is 20.3. The Balaban J connectivity index is 1.11. The van der Waals surface area contributed by atoms with E-state index in [0.29, 0.717) is 29.2 Å². The molecule has 0 saturated carbocycles. The molecule has 9 heteroatoms. The van der Waals surface area contributed by atoms with Crippen LogP contribution in [0.4, 0.5) is 34.4 Å². The second kappa shape index (κ2) is 22.8. The van der Waals surface area contributed by atoms with Crippen LogP contribution in [0.2, 0.25) is 0 Å². The van der Waals surface area contributed by atoms with Crippen molar-refractivity contribution in [1.82, 2.24) is 34.9 Å². The minimum absolute atomic E-state index is 0.204. The van der Waals surface area contributed by atoms with Gasteiger partial charge in [-0.05, 0) is 81.6 Å². The minimum Gasteiger partial charge on any atom is -0.306 e. The molecule has 0 N–H and O–H groups in total. The molecule has 0 aliphatic carbocycles. The highest BCUT2D eigenvalue weighted by molar-refractivity contribution is 6.05. The van der Waals surface area contributed by atoms with Crippen LogP contribution in [0.3, 0.4) is 0 Å². The van der Waals surface area contributed by atoms with E-state index in [0.717, 1.165) is 107 Å². The van der Waals surface area contributed by atoms with Crippen molar-refractivity contribution in [2.75, 3.05) is 9.80 Å². The molecule has 4 heterocycles. The van der Waals surface area contributed by atoms with E-state index in [1.807, 2.05) is 60.7 Å². The van der Waals surface area contributed by atoms with Crippen molar-refractivity contribution in [1.29, 1.82) is 0 Å². The Kier molecular flexibility index (Phi) is 14.2. The van der Waals surface area contributed by atoms with Gasteiger partial charge in [0.25, 0.3) is 0 Å². The maximum absolute atomic E-state index is 5.61. The van der Waals surface area contributed by atoms with Crippen molar-refractivity contribution in [3.8, 4) is 102 Å². The Hall–Kier alpha value is -11.0. The molecule has 0 saturated heterocycles. The van der Waals surface area contributed by atoms with Crippen molar-refractivity contribution in [2.24, 2.45) is 0 Å². The highest BCUT2D eigenvalue weighted by Gasteiger charge is 2.35.